The number of aromatic nitrogens is 1. The van der Waals surface area contributed by atoms with Crippen molar-refractivity contribution >= 4 is 35.3 Å². The first-order valence-electron chi connectivity index (χ1n) is 5.90. The molecule has 0 unspecified atom stereocenters. The molecule has 4 rings (SSSR count). The van der Waals surface area contributed by atoms with E-state index in [4.69, 9.17) is 17.0 Å². The van der Waals surface area contributed by atoms with Gasteiger partial charge in [0.25, 0.3) is 0 Å². The van der Waals surface area contributed by atoms with Gasteiger partial charge in [-0.25, -0.2) is 0 Å². The van der Waals surface area contributed by atoms with E-state index in [1.807, 2.05) is 17.8 Å². The Bertz CT molecular complexity index is 660. The Labute approximate surface area is 118 Å². The van der Waals surface area contributed by atoms with Crippen LogP contribution in [0.2, 0.25) is 0 Å². The molecule has 0 bridgehead atoms. The van der Waals surface area contributed by atoms with Crippen LogP contribution in [0, 0.1) is 9.87 Å². The van der Waals surface area contributed by atoms with Gasteiger partial charge >= 0.3 is 0 Å². The first-order valence-corrected chi connectivity index (χ1v) is 8.11. The van der Waals surface area contributed by atoms with Crippen LogP contribution in [-0.4, -0.2) is 17.3 Å². The Balaban J connectivity index is 1.93. The fraction of sp³-hybridized carbons (Fsp3) is 0.308. The van der Waals surface area contributed by atoms with Gasteiger partial charge in [0.15, 0.2) is 3.95 Å². The molecule has 0 amide bonds. The molecule has 3 heterocycles. The molecular weight excluding hydrogens is 282 g/mol. The van der Waals surface area contributed by atoms with E-state index in [-0.39, 0.29) is 0 Å². The predicted octanol–water partition coefficient (Wildman–Crippen LogP) is 4.05. The fourth-order valence-corrected chi connectivity index (χ4v) is 5.60. The number of fused-ring (bicyclic) bond motifs is 5. The second-order valence-electron chi connectivity index (χ2n) is 4.61. The standard InChI is InChI=1S/C13H11NOS3/c16-13-14-12-11(18-13)10-7(6-17-12)5-15-9-4-2-1-3-8(9)10/h1-4,7,10H,5-6H2,(H,14,16)/t7-,10+/m1/s1. The number of H-pyrrole nitrogens is 1. The summed E-state index contributed by atoms with van der Waals surface area (Å²) in [6, 6.07) is 8.39. The molecule has 0 saturated heterocycles. The van der Waals surface area contributed by atoms with Gasteiger partial charge in [-0.15, -0.1) is 23.1 Å². The van der Waals surface area contributed by atoms with Gasteiger partial charge in [0.1, 0.15) is 5.75 Å². The van der Waals surface area contributed by atoms with E-state index in [0.29, 0.717) is 11.8 Å². The first kappa shape index (κ1) is 11.1. The summed E-state index contributed by atoms with van der Waals surface area (Å²) in [5.41, 5.74) is 1.32. The lowest BCUT2D eigenvalue weighted by atomic mass is 9.84. The average molecular weight is 293 g/mol. The molecule has 5 heteroatoms. The number of thioether (sulfide) groups is 1. The highest BCUT2D eigenvalue weighted by Gasteiger charge is 2.38. The lowest BCUT2D eigenvalue weighted by molar-refractivity contribution is 0.219. The quantitative estimate of drug-likeness (QED) is 0.742. The van der Waals surface area contributed by atoms with Crippen LogP contribution in [0.3, 0.4) is 0 Å². The number of aromatic amines is 1. The molecule has 2 aliphatic rings. The molecule has 0 saturated carbocycles. The number of benzene rings is 1. The Morgan fingerprint density at radius 3 is 3.17 bits per heavy atom. The molecule has 18 heavy (non-hydrogen) atoms. The Hall–Kier alpha value is -0.780. The number of hydrogen-bond acceptors (Lipinski definition) is 4. The topological polar surface area (TPSA) is 25.0 Å². The number of para-hydroxylation sites is 1. The van der Waals surface area contributed by atoms with Crippen LogP contribution in [0.1, 0.15) is 16.4 Å². The minimum atomic E-state index is 0.462. The summed E-state index contributed by atoms with van der Waals surface area (Å²) in [5, 5.41) is 1.27. The lowest BCUT2D eigenvalue weighted by Gasteiger charge is -2.35. The maximum absolute atomic E-state index is 5.87. The number of nitrogens with one attached hydrogen (secondary N) is 1. The molecule has 1 N–H and O–H groups in total. The van der Waals surface area contributed by atoms with E-state index in [2.05, 4.69) is 23.2 Å². The van der Waals surface area contributed by atoms with E-state index < -0.39 is 0 Å². The summed E-state index contributed by atoms with van der Waals surface area (Å²) in [4.78, 5) is 4.72. The second kappa shape index (κ2) is 4.11. The lowest BCUT2D eigenvalue weighted by Crippen LogP contribution is -2.30. The van der Waals surface area contributed by atoms with Crippen LogP contribution in [0.15, 0.2) is 29.3 Å². The van der Waals surface area contributed by atoms with Crippen LogP contribution < -0.4 is 4.74 Å². The van der Waals surface area contributed by atoms with Crippen LogP contribution in [0.5, 0.6) is 5.75 Å². The van der Waals surface area contributed by atoms with Crippen molar-refractivity contribution in [1.29, 1.82) is 0 Å². The van der Waals surface area contributed by atoms with Gasteiger partial charge < -0.3 is 9.72 Å². The summed E-state index contributed by atoms with van der Waals surface area (Å²) in [6.07, 6.45) is 0. The molecule has 0 aliphatic carbocycles. The normalized spacial score (nSPS) is 24.7. The largest absolute Gasteiger partial charge is 0.493 e. The zero-order valence-corrected chi connectivity index (χ0v) is 12.0. The predicted molar refractivity (Wildman–Crippen MR) is 77.5 cm³/mol. The van der Waals surface area contributed by atoms with Gasteiger partial charge in [-0.1, -0.05) is 18.2 Å². The van der Waals surface area contributed by atoms with Crippen LogP contribution in [0.4, 0.5) is 0 Å². The van der Waals surface area contributed by atoms with Gasteiger partial charge in [-0.2, -0.15) is 0 Å². The van der Waals surface area contributed by atoms with Crippen LogP contribution in [-0.2, 0) is 0 Å². The van der Waals surface area contributed by atoms with Crippen molar-refractivity contribution in [1.82, 2.24) is 4.98 Å². The van der Waals surface area contributed by atoms with E-state index in [1.54, 1.807) is 11.3 Å². The highest BCUT2D eigenvalue weighted by atomic mass is 32.2. The summed E-state index contributed by atoms with van der Waals surface area (Å²) in [6.45, 7) is 0.818. The Morgan fingerprint density at radius 1 is 1.33 bits per heavy atom. The van der Waals surface area contributed by atoms with Crippen molar-refractivity contribution in [2.24, 2.45) is 5.92 Å². The third-order valence-corrected chi connectivity index (χ3v) is 6.20. The van der Waals surface area contributed by atoms with E-state index in [9.17, 15) is 0 Å². The summed E-state index contributed by atoms with van der Waals surface area (Å²) in [7, 11) is 0. The number of rotatable bonds is 0. The fourth-order valence-electron chi connectivity index (χ4n) is 2.74. The average Bonchev–Trinajstić information content (AvgIpc) is 2.78. The van der Waals surface area contributed by atoms with E-state index >= 15 is 0 Å². The van der Waals surface area contributed by atoms with Gasteiger partial charge in [0, 0.05) is 28.0 Å². The molecule has 0 spiro atoms. The molecule has 2 atom stereocenters. The molecule has 92 valence electrons. The maximum atomic E-state index is 5.87. The highest BCUT2D eigenvalue weighted by molar-refractivity contribution is 7.99. The first-order chi connectivity index (χ1) is 8.83. The third kappa shape index (κ3) is 1.57. The molecule has 0 radical (unpaired) electrons. The minimum Gasteiger partial charge on any atom is -0.493 e. The molecule has 2 aromatic rings. The molecule has 0 fully saturated rings. The second-order valence-corrected chi connectivity index (χ2v) is 7.35. The van der Waals surface area contributed by atoms with Crippen LogP contribution >= 0.6 is 35.3 Å². The number of hydrogen-bond donors (Lipinski definition) is 1. The van der Waals surface area contributed by atoms with Gasteiger partial charge in [-0.3, -0.25) is 0 Å². The van der Waals surface area contributed by atoms with Crippen molar-refractivity contribution in [3.8, 4) is 5.75 Å². The van der Waals surface area contributed by atoms with Crippen molar-refractivity contribution in [2.75, 3.05) is 12.4 Å². The van der Waals surface area contributed by atoms with Crippen molar-refractivity contribution in [3.63, 3.8) is 0 Å². The number of thiazole rings is 1. The highest BCUT2D eigenvalue weighted by Crippen LogP contribution is 2.50. The maximum Gasteiger partial charge on any atom is 0.159 e. The SMILES string of the molecule is S=c1[nH]c2c(s1)[C@@H]1c3ccccc3OC[C@@H]1CS2. The molecule has 2 aliphatic heterocycles. The summed E-state index contributed by atoms with van der Waals surface area (Å²) >= 11 is 8.89. The molecule has 1 aromatic carbocycles. The Kier molecular flexibility index (Phi) is 2.53. The van der Waals surface area contributed by atoms with E-state index in [1.165, 1.54) is 15.5 Å². The third-order valence-electron chi connectivity index (χ3n) is 3.54. The summed E-state index contributed by atoms with van der Waals surface area (Å²) < 4.78 is 6.76. The Morgan fingerprint density at radius 2 is 2.22 bits per heavy atom. The van der Waals surface area contributed by atoms with Gasteiger partial charge in [0.05, 0.1) is 11.6 Å². The molecule has 1 aromatic heterocycles. The number of ether oxygens (including phenoxy) is 1. The monoisotopic (exact) mass is 293 g/mol. The van der Waals surface area contributed by atoms with Crippen molar-refractivity contribution in [2.45, 2.75) is 10.9 Å². The van der Waals surface area contributed by atoms with Gasteiger partial charge in [0.2, 0.25) is 0 Å². The zero-order chi connectivity index (χ0) is 12.1. The van der Waals surface area contributed by atoms with Crippen LogP contribution in [0.25, 0.3) is 0 Å². The minimum absolute atomic E-state index is 0.462. The molecule has 2 nitrogen and oxygen atoms in total. The van der Waals surface area contributed by atoms with Crippen molar-refractivity contribution in [3.05, 3.63) is 38.7 Å². The van der Waals surface area contributed by atoms with Crippen molar-refractivity contribution < 1.29 is 4.74 Å². The zero-order valence-electron chi connectivity index (χ0n) is 9.51. The summed E-state index contributed by atoms with van der Waals surface area (Å²) in [5.74, 6) is 3.17. The van der Waals surface area contributed by atoms with Gasteiger partial charge in [-0.05, 0) is 18.3 Å². The smallest absolute Gasteiger partial charge is 0.159 e. The van der Waals surface area contributed by atoms with E-state index in [0.717, 1.165) is 22.1 Å². The molecular formula is C13H11NOS3.